The van der Waals surface area contributed by atoms with Gasteiger partial charge in [0.05, 0.1) is 6.04 Å². The molecule has 0 saturated heterocycles. The van der Waals surface area contributed by atoms with Crippen LogP contribution in [-0.4, -0.2) is 24.0 Å². The molecule has 0 bridgehead atoms. The normalized spacial score (nSPS) is 20.8. The lowest BCUT2D eigenvalue weighted by atomic mass is 9.89. The Morgan fingerprint density at radius 2 is 2.31 bits per heavy atom. The van der Waals surface area contributed by atoms with Gasteiger partial charge in [0.15, 0.2) is 0 Å². The van der Waals surface area contributed by atoms with E-state index < -0.39 is 0 Å². The van der Waals surface area contributed by atoms with Gasteiger partial charge in [-0.05, 0) is 37.8 Å². The first-order valence-corrected chi connectivity index (χ1v) is 7.13. The van der Waals surface area contributed by atoms with E-state index in [4.69, 9.17) is 5.73 Å². The quantitative estimate of drug-likeness (QED) is 0.854. The van der Waals surface area contributed by atoms with Gasteiger partial charge >= 0.3 is 0 Å². The van der Waals surface area contributed by atoms with Crippen LogP contribution in [0.3, 0.4) is 0 Å². The molecule has 2 N–H and O–H groups in total. The molecule has 0 radical (unpaired) electrons. The summed E-state index contributed by atoms with van der Waals surface area (Å²) in [5.41, 5.74) is 6.29. The number of likely N-dealkylation sites (N-methyl/N-ethyl adjacent to an activating group) is 1. The predicted octanol–water partition coefficient (Wildman–Crippen LogP) is 3.01. The van der Waals surface area contributed by atoms with Crippen LogP contribution >= 0.6 is 11.3 Å². The van der Waals surface area contributed by atoms with E-state index in [-0.39, 0.29) is 6.04 Å². The number of rotatable bonds is 5. The first-order chi connectivity index (χ1) is 7.74. The summed E-state index contributed by atoms with van der Waals surface area (Å²) in [4.78, 5) is 3.92. The molecule has 1 aliphatic rings. The monoisotopic (exact) mass is 238 g/mol. The Balaban J connectivity index is 2.13. The van der Waals surface area contributed by atoms with Crippen LogP contribution in [0.2, 0.25) is 0 Å². The summed E-state index contributed by atoms with van der Waals surface area (Å²) in [6.45, 7) is 2.18. The Labute approximate surface area is 102 Å². The summed E-state index contributed by atoms with van der Waals surface area (Å²) >= 11 is 1.83. The third-order valence-electron chi connectivity index (χ3n) is 3.80. The maximum atomic E-state index is 6.29. The number of hydrogen-bond acceptors (Lipinski definition) is 3. The first-order valence-electron chi connectivity index (χ1n) is 6.25. The van der Waals surface area contributed by atoms with Crippen molar-refractivity contribution in [1.82, 2.24) is 4.90 Å². The maximum Gasteiger partial charge on any atom is 0.0593 e. The van der Waals surface area contributed by atoms with Crippen LogP contribution < -0.4 is 5.73 Å². The molecule has 0 spiro atoms. The Kier molecular flexibility index (Phi) is 4.00. The zero-order valence-corrected chi connectivity index (χ0v) is 11.0. The second-order valence-corrected chi connectivity index (χ2v) is 5.76. The van der Waals surface area contributed by atoms with E-state index in [1.165, 1.54) is 24.1 Å². The number of nitrogens with zero attached hydrogens (tertiary/aromatic N) is 1. The van der Waals surface area contributed by atoms with Gasteiger partial charge in [-0.3, -0.25) is 4.90 Å². The fourth-order valence-electron chi connectivity index (χ4n) is 2.42. The molecule has 1 aromatic rings. The zero-order chi connectivity index (χ0) is 11.5. The lowest BCUT2D eigenvalue weighted by Gasteiger charge is -2.41. The topological polar surface area (TPSA) is 29.3 Å². The molecule has 0 aliphatic heterocycles. The van der Waals surface area contributed by atoms with Gasteiger partial charge in [-0.25, -0.2) is 0 Å². The highest BCUT2D eigenvalue weighted by molar-refractivity contribution is 7.10. The molecule has 2 rings (SSSR count). The smallest absolute Gasteiger partial charge is 0.0593 e. The molecule has 1 aliphatic carbocycles. The lowest BCUT2D eigenvalue weighted by Crippen LogP contribution is -2.46. The minimum Gasteiger partial charge on any atom is -0.326 e. The molecular formula is C13H22N2S. The number of thiophene rings is 1. The van der Waals surface area contributed by atoms with Crippen LogP contribution in [0.15, 0.2) is 17.5 Å². The molecule has 3 heteroatoms. The van der Waals surface area contributed by atoms with Crippen LogP contribution in [0, 0.1) is 0 Å². The van der Waals surface area contributed by atoms with Crippen molar-refractivity contribution in [3.05, 3.63) is 22.4 Å². The highest BCUT2D eigenvalue weighted by Crippen LogP contribution is 2.34. The van der Waals surface area contributed by atoms with E-state index in [9.17, 15) is 0 Å². The number of hydrogen-bond donors (Lipinski definition) is 1. The van der Waals surface area contributed by atoms with E-state index in [2.05, 4.69) is 36.4 Å². The maximum absolute atomic E-state index is 6.29. The summed E-state index contributed by atoms with van der Waals surface area (Å²) in [6, 6.07) is 5.77. The summed E-state index contributed by atoms with van der Waals surface area (Å²) in [5, 5.41) is 2.15. The van der Waals surface area contributed by atoms with Gasteiger partial charge in [-0.1, -0.05) is 19.4 Å². The van der Waals surface area contributed by atoms with Crippen LogP contribution in [0.25, 0.3) is 0 Å². The summed E-state index contributed by atoms with van der Waals surface area (Å²) in [7, 11) is 2.24. The summed E-state index contributed by atoms with van der Waals surface area (Å²) in [6.07, 6.45) is 5.11. The number of nitrogens with two attached hydrogens (primary N) is 1. The fourth-order valence-corrected chi connectivity index (χ4v) is 3.37. The summed E-state index contributed by atoms with van der Waals surface area (Å²) in [5.74, 6) is 0. The van der Waals surface area contributed by atoms with Crippen LogP contribution in [0.1, 0.15) is 43.5 Å². The van der Waals surface area contributed by atoms with Gasteiger partial charge < -0.3 is 5.73 Å². The van der Waals surface area contributed by atoms with Crippen LogP contribution in [-0.2, 0) is 0 Å². The molecule has 2 nitrogen and oxygen atoms in total. The largest absolute Gasteiger partial charge is 0.326 e. The van der Waals surface area contributed by atoms with Crippen LogP contribution in [0.5, 0.6) is 0 Å². The van der Waals surface area contributed by atoms with Crippen molar-refractivity contribution in [1.29, 1.82) is 0 Å². The minimum atomic E-state index is 0.254. The van der Waals surface area contributed by atoms with Crippen molar-refractivity contribution in [2.75, 3.05) is 7.05 Å². The van der Waals surface area contributed by atoms with Crippen molar-refractivity contribution in [3.63, 3.8) is 0 Å². The predicted molar refractivity (Wildman–Crippen MR) is 70.7 cm³/mol. The van der Waals surface area contributed by atoms with E-state index in [1.54, 1.807) is 0 Å². The highest BCUT2D eigenvalue weighted by Gasteiger charge is 2.31. The van der Waals surface area contributed by atoms with Gasteiger partial charge in [0, 0.05) is 17.0 Å². The zero-order valence-electron chi connectivity index (χ0n) is 10.2. The van der Waals surface area contributed by atoms with Crippen molar-refractivity contribution in [2.45, 2.75) is 50.7 Å². The summed E-state index contributed by atoms with van der Waals surface area (Å²) < 4.78 is 0. The Morgan fingerprint density at radius 1 is 1.56 bits per heavy atom. The van der Waals surface area contributed by atoms with Crippen molar-refractivity contribution >= 4 is 11.3 Å². The molecule has 1 saturated carbocycles. The second-order valence-electron chi connectivity index (χ2n) is 4.78. The van der Waals surface area contributed by atoms with Gasteiger partial charge in [0.25, 0.3) is 0 Å². The standard InChI is InChI=1S/C13H22N2S/c1-3-11(14)13(12-8-5-9-16-12)15(2)10-6-4-7-10/h5,8-11,13H,3-4,6-7,14H2,1-2H3. The molecule has 2 atom stereocenters. The fraction of sp³-hybridized carbons (Fsp3) is 0.692. The molecule has 0 aromatic carbocycles. The SMILES string of the molecule is CCC(N)C(c1cccs1)N(C)C1CCC1. The third-order valence-corrected chi connectivity index (χ3v) is 4.74. The van der Waals surface area contributed by atoms with Crippen LogP contribution in [0.4, 0.5) is 0 Å². The van der Waals surface area contributed by atoms with Gasteiger partial charge in [0.1, 0.15) is 0 Å². The van der Waals surface area contributed by atoms with E-state index >= 15 is 0 Å². The molecule has 90 valence electrons. The van der Waals surface area contributed by atoms with Crippen molar-refractivity contribution in [3.8, 4) is 0 Å². The molecule has 1 aromatic heterocycles. The van der Waals surface area contributed by atoms with E-state index in [1.807, 2.05) is 11.3 Å². The van der Waals surface area contributed by atoms with Gasteiger partial charge in [-0.15, -0.1) is 11.3 Å². The Morgan fingerprint density at radius 3 is 2.75 bits per heavy atom. The van der Waals surface area contributed by atoms with Gasteiger partial charge in [-0.2, -0.15) is 0 Å². The first kappa shape index (κ1) is 12.1. The molecule has 1 fully saturated rings. The molecule has 2 unspecified atom stereocenters. The minimum absolute atomic E-state index is 0.254. The van der Waals surface area contributed by atoms with E-state index in [0.29, 0.717) is 6.04 Å². The third kappa shape index (κ3) is 2.31. The van der Waals surface area contributed by atoms with Crippen molar-refractivity contribution in [2.24, 2.45) is 5.73 Å². The average molecular weight is 238 g/mol. The average Bonchev–Trinajstić information content (AvgIpc) is 2.68. The molecule has 0 amide bonds. The Hall–Kier alpha value is -0.380. The highest BCUT2D eigenvalue weighted by atomic mass is 32.1. The van der Waals surface area contributed by atoms with Gasteiger partial charge in [0.2, 0.25) is 0 Å². The van der Waals surface area contributed by atoms with E-state index in [0.717, 1.165) is 12.5 Å². The Bertz CT molecular complexity index is 306. The molecular weight excluding hydrogens is 216 g/mol. The molecule has 1 heterocycles. The van der Waals surface area contributed by atoms with Crippen molar-refractivity contribution < 1.29 is 0 Å². The molecule has 16 heavy (non-hydrogen) atoms. The lowest BCUT2D eigenvalue weighted by molar-refractivity contribution is 0.0957. The second kappa shape index (κ2) is 5.30.